The summed E-state index contributed by atoms with van der Waals surface area (Å²) in [5, 5.41) is 0. The maximum atomic E-state index is 9.39. The smallest absolute Gasteiger partial charge is 0.131 e. The molecule has 0 aliphatic heterocycles. The third-order valence-electron chi connectivity index (χ3n) is 0.140. The van der Waals surface area contributed by atoms with E-state index in [0.717, 1.165) is 0 Å². The van der Waals surface area contributed by atoms with Gasteiger partial charge in [0.15, 0.2) is 4.31 Å². The van der Waals surface area contributed by atoms with Crippen LogP contribution in [0.15, 0.2) is 13.2 Å². The third kappa shape index (κ3) is 23.7. The first kappa shape index (κ1) is 16.8. The van der Waals surface area contributed by atoms with Gasteiger partial charge in [0.1, 0.15) is 0 Å². The standard InChI is InChI=1S/C2H4.Li.O5P2/c1-2;;1-6(2)5-7(3)4/h1-2H2;;/p+2. The largest absolute Gasteiger partial charge is 0.745 e. The van der Waals surface area contributed by atoms with Crippen LogP contribution >= 0.6 is 16.5 Å². The van der Waals surface area contributed by atoms with Gasteiger partial charge in [0.05, 0.1) is 0 Å². The molecule has 1 radical (unpaired) electrons. The van der Waals surface area contributed by atoms with Crippen molar-refractivity contribution in [2.45, 2.75) is 0 Å². The molecule has 8 heteroatoms. The topological polar surface area (TPSA) is 83.8 Å². The van der Waals surface area contributed by atoms with Gasteiger partial charge in [0.25, 0.3) is 0 Å². The van der Waals surface area contributed by atoms with E-state index in [4.69, 9.17) is 9.79 Å². The maximum absolute atomic E-state index is 9.39. The monoisotopic (exact) mass is 179 g/mol. The van der Waals surface area contributed by atoms with Gasteiger partial charge in [0, 0.05) is 28.0 Å². The van der Waals surface area contributed by atoms with Crippen molar-refractivity contribution >= 4 is 35.4 Å². The van der Waals surface area contributed by atoms with Crippen molar-refractivity contribution in [3.8, 4) is 0 Å². The van der Waals surface area contributed by atoms with E-state index in [9.17, 15) is 9.13 Å². The van der Waals surface area contributed by atoms with E-state index >= 15 is 0 Å². The molecule has 0 heterocycles. The van der Waals surface area contributed by atoms with Crippen molar-refractivity contribution in [1.82, 2.24) is 0 Å². The van der Waals surface area contributed by atoms with Crippen molar-refractivity contribution in [2.24, 2.45) is 0 Å². The summed E-state index contributed by atoms with van der Waals surface area (Å²) < 4.78 is 22.2. The van der Waals surface area contributed by atoms with E-state index < -0.39 is 16.5 Å². The molecule has 53 valence electrons. The van der Waals surface area contributed by atoms with Crippen LogP contribution in [0.4, 0.5) is 0 Å². The molecule has 2 atom stereocenters. The van der Waals surface area contributed by atoms with E-state index in [2.05, 4.69) is 17.5 Å². The van der Waals surface area contributed by atoms with Gasteiger partial charge < -0.3 is 0 Å². The Kier molecular flexibility index (Phi) is 20.4. The van der Waals surface area contributed by atoms with Crippen molar-refractivity contribution in [1.29, 1.82) is 0 Å². The van der Waals surface area contributed by atoms with E-state index in [1.165, 1.54) is 0 Å². The van der Waals surface area contributed by atoms with Gasteiger partial charge in [0.2, 0.25) is 0 Å². The molecule has 0 saturated carbocycles. The van der Waals surface area contributed by atoms with Crippen LogP contribution in [0.1, 0.15) is 0 Å². The van der Waals surface area contributed by atoms with E-state index in [1.807, 2.05) is 0 Å². The van der Waals surface area contributed by atoms with Gasteiger partial charge in [-0.3, -0.25) is 0 Å². The molecule has 2 N–H and O–H groups in total. The van der Waals surface area contributed by atoms with Gasteiger partial charge in [-0.15, -0.1) is 22.9 Å². The molecule has 0 aromatic carbocycles. The van der Waals surface area contributed by atoms with E-state index in [1.54, 1.807) is 0 Å². The molecule has 0 amide bonds. The Morgan fingerprint density at radius 2 is 1.30 bits per heavy atom. The first-order valence-corrected chi connectivity index (χ1v) is 3.89. The first-order valence-electron chi connectivity index (χ1n) is 1.63. The Labute approximate surface area is 72.2 Å². The summed E-state index contributed by atoms with van der Waals surface area (Å²) in [6.07, 6.45) is 0. The number of rotatable bonds is 2. The fraction of sp³-hybridized carbons (Fsp3) is 0. The second-order valence-electron chi connectivity index (χ2n) is 0.557. The van der Waals surface area contributed by atoms with E-state index in [-0.39, 0.29) is 18.9 Å². The zero-order valence-corrected chi connectivity index (χ0v) is 7.22. The fourth-order valence-corrected chi connectivity index (χ4v) is 0.538. The first-order chi connectivity index (χ1) is 4.13. The molecular weight excluding hydrogens is 173 g/mol. The summed E-state index contributed by atoms with van der Waals surface area (Å²) in [6, 6.07) is 0. The van der Waals surface area contributed by atoms with Crippen LogP contribution in [0.5, 0.6) is 0 Å². The Morgan fingerprint density at radius 1 is 1.10 bits per heavy atom. The Morgan fingerprint density at radius 3 is 1.30 bits per heavy atom. The quantitative estimate of drug-likeness (QED) is 0.370. The normalized spacial score (nSPS) is 9.80. The molecule has 0 fully saturated rings. The molecule has 0 saturated heterocycles. The summed E-state index contributed by atoms with van der Waals surface area (Å²) in [7, 11) is -5.85. The van der Waals surface area contributed by atoms with Gasteiger partial charge in [-0.25, -0.2) is 0 Å². The molecule has 0 aliphatic rings. The minimum absolute atomic E-state index is 0. The predicted molar refractivity (Wildman–Crippen MR) is 37.7 cm³/mol. The van der Waals surface area contributed by atoms with Gasteiger partial charge in [-0.05, 0) is 0 Å². The zero-order chi connectivity index (χ0) is 7.86. The van der Waals surface area contributed by atoms with Gasteiger partial charge >= 0.3 is 16.5 Å². The zero-order valence-electron chi connectivity index (χ0n) is 5.43. The number of hydrogen-bond donors (Lipinski definition) is 2. The predicted octanol–water partition coefficient (Wildman–Crippen LogP) is 0.724. The molecule has 0 bridgehead atoms. The summed E-state index contributed by atoms with van der Waals surface area (Å²) in [5.74, 6) is 0. The van der Waals surface area contributed by atoms with E-state index in [0.29, 0.717) is 0 Å². The van der Waals surface area contributed by atoms with Gasteiger partial charge in [-0.2, -0.15) is 0 Å². The summed E-state index contributed by atoms with van der Waals surface area (Å²) in [5.41, 5.74) is 0. The van der Waals surface area contributed by atoms with Crippen LogP contribution < -0.4 is 0 Å². The van der Waals surface area contributed by atoms with Crippen LogP contribution in [0.25, 0.3) is 0 Å². The molecule has 10 heavy (non-hydrogen) atoms. The second kappa shape index (κ2) is 12.1. The second-order valence-corrected chi connectivity index (χ2v) is 2.16. The van der Waals surface area contributed by atoms with Crippen LogP contribution in [-0.4, -0.2) is 28.6 Å². The third-order valence-corrected chi connectivity index (χ3v) is 1.26. The SMILES string of the molecule is C=C.O=[P+](O)O[P+](=O)O.[Li]. The summed E-state index contributed by atoms with van der Waals surface area (Å²) in [6.45, 7) is 6.00. The molecule has 0 aromatic rings. The molecule has 5 nitrogen and oxygen atoms in total. The van der Waals surface area contributed by atoms with Gasteiger partial charge in [-0.1, -0.05) is 0 Å². The molecular formula is C2H6LiO5P2+2. The maximum Gasteiger partial charge on any atom is 0.745 e. The van der Waals surface area contributed by atoms with Crippen molar-refractivity contribution in [3.63, 3.8) is 0 Å². The molecule has 0 rings (SSSR count). The van der Waals surface area contributed by atoms with Crippen molar-refractivity contribution in [3.05, 3.63) is 13.2 Å². The molecule has 0 aliphatic carbocycles. The molecule has 0 aromatic heterocycles. The van der Waals surface area contributed by atoms with Crippen LogP contribution in [0.2, 0.25) is 0 Å². The Hall–Kier alpha value is 0.417. The van der Waals surface area contributed by atoms with Crippen LogP contribution in [0, 0.1) is 0 Å². The van der Waals surface area contributed by atoms with Crippen LogP contribution in [-0.2, 0) is 13.4 Å². The van der Waals surface area contributed by atoms with Crippen molar-refractivity contribution in [2.75, 3.05) is 0 Å². The van der Waals surface area contributed by atoms with Crippen molar-refractivity contribution < 1.29 is 23.2 Å². The fourth-order valence-electron chi connectivity index (χ4n) is 0.0598. The van der Waals surface area contributed by atoms with Crippen LogP contribution in [0.3, 0.4) is 0 Å². The minimum Gasteiger partial charge on any atom is -0.131 e. The summed E-state index contributed by atoms with van der Waals surface area (Å²) >= 11 is 0. The average molecular weight is 179 g/mol. The minimum atomic E-state index is -2.92. The molecule has 2 unspecified atom stereocenters. The average Bonchev–Trinajstić information content (AvgIpc) is 1.68. The molecule has 0 spiro atoms. The summed E-state index contributed by atoms with van der Waals surface area (Å²) in [4.78, 5) is 15.3. The Balaban J connectivity index is -0.000000149. The number of hydrogen-bond acceptors (Lipinski definition) is 3. The Bertz CT molecular complexity index is 104.